The fraction of sp³-hybridized carbons (Fsp3) is 0.0811. The van der Waals surface area contributed by atoms with Crippen LogP contribution in [0.15, 0.2) is 109 Å². The summed E-state index contributed by atoms with van der Waals surface area (Å²) in [5.41, 5.74) is 13.7. The van der Waals surface area contributed by atoms with E-state index in [9.17, 15) is 0 Å². The van der Waals surface area contributed by atoms with Gasteiger partial charge < -0.3 is 9.38 Å². The van der Waals surface area contributed by atoms with Crippen LogP contribution >= 0.6 is 0 Å². The van der Waals surface area contributed by atoms with Gasteiger partial charge in [0.15, 0.2) is 0 Å². The predicted octanol–water partition coefficient (Wildman–Crippen LogP) is 6.62. The van der Waals surface area contributed by atoms with E-state index in [-0.39, 0.29) is 6.85 Å². The van der Waals surface area contributed by atoms with Crippen LogP contribution in [0, 0.1) is 6.92 Å². The lowest BCUT2D eigenvalue weighted by atomic mass is 9.44. The largest absolute Gasteiger partial charge is 0.377 e. The zero-order chi connectivity index (χ0) is 27.2. The molecule has 4 heteroatoms. The number of aromatic nitrogens is 1. The minimum atomic E-state index is -1.90. The summed E-state index contributed by atoms with van der Waals surface area (Å²) >= 11 is 0. The molecule has 4 heterocycles. The molecule has 0 spiro atoms. The first-order valence-corrected chi connectivity index (χ1v) is 17.7. The van der Waals surface area contributed by atoms with Crippen molar-refractivity contribution in [3.05, 3.63) is 115 Å². The van der Waals surface area contributed by atoms with Crippen LogP contribution < -0.4 is 26.1 Å². The number of para-hydroxylation sites is 3. The van der Waals surface area contributed by atoms with E-state index in [1.165, 1.54) is 82.4 Å². The minimum Gasteiger partial charge on any atom is -0.377 e. The maximum Gasteiger partial charge on any atom is 0.333 e. The van der Waals surface area contributed by atoms with Crippen LogP contribution in [0.5, 0.6) is 0 Å². The fourth-order valence-corrected chi connectivity index (χ4v) is 11.4. The van der Waals surface area contributed by atoms with Crippen LogP contribution in [0.1, 0.15) is 5.56 Å². The molecule has 2 nitrogen and oxygen atoms in total. The maximum atomic E-state index is 2.71. The Morgan fingerprint density at radius 2 is 1.39 bits per heavy atom. The Morgan fingerprint density at radius 3 is 2.27 bits per heavy atom. The van der Waals surface area contributed by atoms with Crippen LogP contribution in [-0.4, -0.2) is 19.5 Å². The molecule has 3 aliphatic heterocycles. The lowest BCUT2D eigenvalue weighted by molar-refractivity contribution is 1.17. The first kappa shape index (κ1) is 22.2. The van der Waals surface area contributed by atoms with Crippen LogP contribution in [0.3, 0.4) is 0 Å². The number of aryl methyl sites for hydroxylation is 1. The third-order valence-corrected chi connectivity index (χ3v) is 13.7. The number of anilines is 2. The Labute approximate surface area is 240 Å². The van der Waals surface area contributed by atoms with Crippen LogP contribution in [0.2, 0.25) is 13.1 Å². The van der Waals surface area contributed by atoms with Crippen molar-refractivity contribution in [1.82, 2.24) is 4.57 Å². The van der Waals surface area contributed by atoms with E-state index in [0.717, 1.165) is 0 Å². The maximum absolute atomic E-state index is 2.71. The molecule has 0 bridgehead atoms. The van der Waals surface area contributed by atoms with Gasteiger partial charge in [-0.25, -0.2) is 0 Å². The molecule has 10 rings (SSSR count). The molecule has 0 atom stereocenters. The van der Waals surface area contributed by atoms with Crippen LogP contribution in [-0.2, 0) is 0 Å². The average Bonchev–Trinajstić information content (AvgIpc) is 3.31. The Morgan fingerprint density at radius 1 is 0.634 bits per heavy atom. The zero-order valence-corrected chi connectivity index (χ0v) is 24.4. The molecule has 0 aliphatic carbocycles. The molecule has 41 heavy (non-hydrogen) atoms. The van der Waals surface area contributed by atoms with Gasteiger partial charge in [-0.15, -0.1) is 0 Å². The monoisotopic (exact) mass is 538 g/mol. The van der Waals surface area contributed by atoms with E-state index in [2.05, 4.69) is 139 Å². The third kappa shape index (κ3) is 2.52. The number of rotatable bonds is 0. The smallest absolute Gasteiger partial charge is 0.333 e. The van der Waals surface area contributed by atoms with Crippen molar-refractivity contribution in [1.29, 1.82) is 0 Å². The molecule has 0 N–H and O–H groups in total. The Hall–Kier alpha value is -4.54. The lowest BCUT2D eigenvalue weighted by Crippen LogP contribution is -2.68. The highest BCUT2D eigenvalue weighted by Gasteiger charge is 2.49. The molecule has 6 aromatic carbocycles. The summed E-state index contributed by atoms with van der Waals surface area (Å²) in [4.78, 5) is 2.71. The first-order chi connectivity index (χ1) is 20.0. The molecule has 192 valence electrons. The van der Waals surface area contributed by atoms with E-state index in [4.69, 9.17) is 0 Å². The van der Waals surface area contributed by atoms with Gasteiger partial charge in [-0.3, -0.25) is 0 Å². The molecule has 0 fully saturated rings. The second kappa shape index (κ2) is 7.20. The van der Waals surface area contributed by atoms with Crippen molar-refractivity contribution in [2.45, 2.75) is 20.0 Å². The zero-order valence-electron chi connectivity index (χ0n) is 23.4. The normalized spacial score (nSPS) is 15.3. The highest BCUT2D eigenvalue weighted by molar-refractivity contribution is 7.05. The molecule has 3 aliphatic rings. The average molecular weight is 539 g/mol. The molecule has 0 radical (unpaired) electrons. The summed E-state index contributed by atoms with van der Waals surface area (Å²) in [7, 11) is -1.90. The Bertz CT molecular complexity index is 2330. The van der Waals surface area contributed by atoms with Gasteiger partial charge >= 0.3 is 6.85 Å². The number of hydrogen-bond donors (Lipinski definition) is 0. The molecule has 0 saturated carbocycles. The van der Waals surface area contributed by atoms with Crippen molar-refractivity contribution < 1.29 is 0 Å². The Balaban J connectivity index is 1.43. The minimum absolute atomic E-state index is 0.121. The van der Waals surface area contributed by atoms with E-state index in [1.807, 2.05) is 0 Å². The molecule has 7 aromatic rings. The van der Waals surface area contributed by atoms with Gasteiger partial charge in [-0.1, -0.05) is 98.0 Å². The van der Waals surface area contributed by atoms with Crippen LogP contribution in [0.4, 0.5) is 11.4 Å². The summed E-state index contributed by atoms with van der Waals surface area (Å²) in [5.74, 6) is 0. The van der Waals surface area contributed by atoms with Crippen molar-refractivity contribution in [3.8, 4) is 16.8 Å². The van der Waals surface area contributed by atoms with Crippen molar-refractivity contribution in [3.63, 3.8) is 0 Å². The summed E-state index contributed by atoms with van der Waals surface area (Å²) in [6.07, 6.45) is 0. The highest BCUT2D eigenvalue weighted by Crippen LogP contribution is 2.46. The molecule has 0 amide bonds. The first-order valence-electron chi connectivity index (χ1n) is 14.7. The standard InChI is InChI=1S/C37H27BN2Si/c1-22-18-28-26-13-9-17-34-37(26)40(30-15-6-7-16-33(30)41(34,2)3)38-29-14-8-12-25-27-20-23-10-4-5-11-24(23)21-31(27)39(36(25)29)32(19-22)35(28)38/h4-21H,1-3H3. The predicted molar refractivity (Wildman–Crippen MR) is 179 cm³/mol. The number of fused-ring (bicyclic) bond motifs is 10. The van der Waals surface area contributed by atoms with Gasteiger partial charge in [-0.2, -0.15) is 0 Å². The number of hydrogen-bond acceptors (Lipinski definition) is 1. The van der Waals surface area contributed by atoms with Gasteiger partial charge in [0, 0.05) is 33.4 Å². The SMILES string of the molecule is Cc1cc2c3c(c1)-n1c4cc5ccccc5cc4c4cccc(c41)B3N1c3ccccc3[Si](C)(C)c3cccc-2c31. The van der Waals surface area contributed by atoms with Gasteiger partial charge in [0.25, 0.3) is 0 Å². The van der Waals surface area contributed by atoms with Crippen molar-refractivity contribution >= 4 is 80.2 Å². The third-order valence-electron chi connectivity index (χ3n) is 10.1. The molecule has 0 unspecified atom stereocenters. The Kier molecular flexibility index (Phi) is 3.90. The highest BCUT2D eigenvalue weighted by atomic mass is 28.3. The van der Waals surface area contributed by atoms with E-state index in [0.29, 0.717) is 0 Å². The van der Waals surface area contributed by atoms with E-state index in [1.54, 1.807) is 5.19 Å². The number of benzene rings is 6. The topological polar surface area (TPSA) is 8.17 Å². The van der Waals surface area contributed by atoms with E-state index >= 15 is 0 Å². The lowest BCUT2D eigenvalue weighted by Gasteiger charge is -2.49. The summed E-state index contributed by atoms with van der Waals surface area (Å²) < 4.78 is 2.58. The van der Waals surface area contributed by atoms with Crippen molar-refractivity contribution in [2.75, 3.05) is 4.81 Å². The molecular weight excluding hydrogens is 511 g/mol. The van der Waals surface area contributed by atoms with Gasteiger partial charge in [0.1, 0.15) is 8.07 Å². The number of nitrogens with zero attached hydrogens (tertiary/aromatic N) is 2. The molecule has 0 saturated heterocycles. The van der Waals surface area contributed by atoms with Gasteiger partial charge in [-0.05, 0) is 74.4 Å². The summed E-state index contributed by atoms with van der Waals surface area (Å²) in [5, 5.41) is 8.34. The second-order valence-electron chi connectivity index (χ2n) is 12.7. The van der Waals surface area contributed by atoms with Crippen LogP contribution in [0.25, 0.3) is 49.4 Å². The fourth-order valence-electron chi connectivity index (χ4n) is 8.42. The second-order valence-corrected chi connectivity index (χ2v) is 17.0. The molecular formula is C37H27BN2Si. The van der Waals surface area contributed by atoms with Gasteiger partial charge in [0.05, 0.1) is 11.0 Å². The van der Waals surface area contributed by atoms with E-state index < -0.39 is 8.07 Å². The quantitative estimate of drug-likeness (QED) is 0.197. The summed E-state index contributed by atoms with van der Waals surface area (Å²) in [6, 6.07) is 41.8. The summed E-state index contributed by atoms with van der Waals surface area (Å²) in [6.45, 7) is 7.44. The van der Waals surface area contributed by atoms with Gasteiger partial charge in [0.2, 0.25) is 0 Å². The van der Waals surface area contributed by atoms with Crippen molar-refractivity contribution in [2.24, 2.45) is 0 Å². The molecule has 1 aromatic heterocycles.